The number of carboxylic acids is 1. The topological polar surface area (TPSA) is 138 Å². The average molecular weight is 290 g/mol. The standard InChI is InChI=1S/C12H10N4O5/c17-11(9-1-2-10(15-9)16(20)21)14-6-8-5-7(12(18)19)3-4-13-8/h1-5,15H,6H2,(H,14,17)(H,18,19). The smallest absolute Gasteiger partial charge is 0.335 e. The maximum atomic E-state index is 11.8. The molecule has 3 N–H and O–H groups in total. The quantitative estimate of drug-likeness (QED) is 0.553. The van der Waals surface area contributed by atoms with Gasteiger partial charge in [0.15, 0.2) is 5.69 Å². The van der Waals surface area contributed by atoms with Crippen LogP contribution in [0.25, 0.3) is 0 Å². The first-order valence-electron chi connectivity index (χ1n) is 5.77. The molecule has 0 unspecified atom stereocenters. The van der Waals surface area contributed by atoms with Crippen LogP contribution in [0.15, 0.2) is 30.5 Å². The largest absolute Gasteiger partial charge is 0.478 e. The van der Waals surface area contributed by atoms with Gasteiger partial charge in [-0.3, -0.25) is 9.78 Å². The van der Waals surface area contributed by atoms with Crippen molar-refractivity contribution in [3.05, 3.63) is 57.5 Å². The van der Waals surface area contributed by atoms with Crippen LogP contribution in [0.2, 0.25) is 0 Å². The number of H-pyrrole nitrogens is 1. The predicted molar refractivity (Wildman–Crippen MR) is 69.8 cm³/mol. The third-order valence-electron chi connectivity index (χ3n) is 2.61. The lowest BCUT2D eigenvalue weighted by Crippen LogP contribution is -2.23. The van der Waals surface area contributed by atoms with E-state index >= 15 is 0 Å². The van der Waals surface area contributed by atoms with E-state index in [-0.39, 0.29) is 23.6 Å². The maximum absolute atomic E-state index is 11.8. The number of carbonyl (C=O) groups is 2. The summed E-state index contributed by atoms with van der Waals surface area (Å²) >= 11 is 0. The van der Waals surface area contributed by atoms with Gasteiger partial charge in [0.25, 0.3) is 5.91 Å². The fourth-order valence-electron chi connectivity index (χ4n) is 1.60. The number of nitro groups is 1. The second-order valence-corrected chi connectivity index (χ2v) is 4.04. The lowest BCUT2D eigenvalue weighted by atomic mass is 10.2. The third-order valence-corrected chi connectivity index (χ3v) is 2.61. The summed E-state index contributed by atoms with van der Waals surface area (Å²) in [4.78, 5) is 38.7. The summed E-state index contributed by atoms with van der Waals surface area (Å²) in [5, 5.41) is 21.8. The minimum absolute atomic E-state index is 0.00672. The first-order chi connectivity index (χ1) is 9.97. The fourth-order valence-corrected chi connectivity index (χ4v) is 1.60. The molecular weight excluding hydrogens is 280 g/mol. The molecular formula is C12H10N4O5. The van der Waals surface area contributed by atoms with Crippen molar-refractivity contribution in [2.75, 3.05) is 0 Å². The molecule has 0 aliphatic carbocycles. The molecule has 0 aliphatic heterocycles. The maximum Gasteiger partial charge on any atom is 0.335 e. The summed E-state index contributed by atoms with van der Waals surface area (Å²) in [7, 11) is 0. The van der Waals surface area contributed by atoms with Gasteiger partial charge in [0.1, 0.15) is 0 Å². The summed E-state index contributed by atoms with van der Waals surface area (Å²) in [6.07, 6.45) is 1.32. The Morgan fingerprint density at radius 1 is 1.38 bits per heavy atom. The summed E-state index contributed by atoms with van der Waals surface area (Å²) in [6, 6.07) is 5.13. The minimum atomic E-state index is -1.09. The molecule has 2 aromatic rings. The Labute approximate surface area is 117 Å². The zero-order valence-electron chi connectivity index (χ0n) is 10.6. The van der Waals surface area contributed by atoms with Gasteiger partial charge in [0, 0.05) is 12.3 Å². The van der Waals surface area contributed by atoms with E-state index in [1.807, 2.05) is 0 Å². The zero-order valence-corrected chi connectivity index (χ0v) is 10.6. The van der Waals surface area contributed by atoms with Crippen molar-refractivity contribution in [1.29, 1.82) is 0 Å². The molecule has 9 nitrogen and oxygen atoms in total. The zero-order chi connectivity index (χ0) is 15.4. The van der Waals surface area contributed by atoms with Crippen LogP contribution < -0.4 is 5.32 Å². The minimum Gasteiger partial charge on any atom is -0.478 e. The number of nitrogens with zero attached hydrogens (tertiary/aromatic N) is 2. The van der Waals surface area contributed by atoms with Gasteiger partial charge >= 0.3 is 11.8 Å². The van der Waals surface area contributed by atoms with Crippen LogP contribution in [-0.4, -0.2) is 31.9 Å². The van der Waals surface area contributed by atoms with Crippen molar-refractivity contribution in [2.45, 2.75) is 6.54 Å². The van der Waals surface area contributed by atoms with Gasteiger partial charge in [-0.1, -0.05) is 0 Å². The van der Waals surface area contributed by atoms with E-state index in [9.17, 15) is 19.7 Å². The molecule has 2 heterocycles. The Kier molecular flexibility index (Phi) is 3.93. The highest BCUT2D eigenvalue weighted by atomic mass is 16.6. The molecule has 0 saturated heterocycles. The number of aromatic carboxylic acids is 1. The molecule has 0 bridgehead atoms. The van der Waals surface area contributed by atoms with Crippen molar-refractivity contribution in [3.63, 3.8) is 0 Å². The van der Waals surface area contributed by atoms with Crippen LogP contribution in [0.5, 0.6) is 0 Å². The van der Waals surface area contributed by atoms with Crippen LogP contribution in [0.1, 0.15) is 26.5 Å². The molecule has 0 spiro atoms. The molecule has 21 heavy (non-hydrogen) atoms. The van der Waals surface area contributed by atoms with Gasteiger partial charge < -0.3 is 20.5 Å². The molecule has 0 aromatic carbocycles. The first kappa shape index (κ1) is 14.2. The molecule has 0 radical (unpaired) electrons. The lowest BCUT2D eigenvalue weighted by Gasteiger charge is -2.03. The van der Waals surface area contributed by atoms with Crippen molar-refractivity contribution in [2.24, 2.45) is 0 Å². The number of hydrogen-bond donors (Lipinski definition) is 3. The first-order valence-corrected chi connectivity index (χ1v) is 5.77. The van der Waals surface area contributed by atoms with Crippen molar-refractivity contribution in [3.8, 4) is 0 Å². The Balaban J connectivity index is 2.02. The summed E-state index contributed by atoms with van der Waals surface area (Å²) in [5.74, 6) is -1.93. The monoisotopic (exact) mass is 290 g/mol. The van der Waals surface area contributed by atoms with Crippen molar-refractivity contribution >= 4 is 17.7 Å². The number of nitrogens with one attached hydrogen (secondary N) is 2. The van der Waals surface area contributed by atoms with E-state index in [1.54, 1.807) is 0 Å². The van der Waals surface area contributed by atoms with E-state index in [4.69, 9.17) is 5.11 Å². The van der Waals surface area contributed by atoms with Gasteiger partial charge in [-0.25, -0.2) is 9.78 Å². The van der Waals surface area contributed by atoms with E-state index in [0.717, 1.165) is 0 Å². The van der Waals surface area contributed by atoms with Gasteiger partial charge in [0.05, 0.1) is 17.8 Å². The molecule has 1 amide bonds. The fraction of sp³-hybridized carbons (Fsp3) is 0.0833. The molecule has 0 fully saturated rings. The van der Waals surface area contributed by atoms with Gasteiger partial charge in [-0.2, -0.15) is 0 Å². The van der Waals surface area contributed by atoms with E-state index in [0.29, 0.717) is 5.69 Å². The summed E-state index contributed by atoms with van der Waals surface area (Å²) in [6.45, 7) is 0.00672. The number of carboxylic acid groups (broad SMARTS) is 1. The Hall–Kier alpha value is -3.23. The Morgan fingerprint density at radius 3 is 2.76 bits per heavy atom. The van der Waals surface area contributed by atoms with Gasteiger partial charge in [-0.15, -0.1) is 0 Å². The second kappa shape index (κ2) is 5.82. The summed E-state index contributed by atoms with van der Waals surface area (Å²) in [5.41, 5.74) is 0.463. The SMILES string of the molecule is O=C(O)c1ccnc(CNC(=O)c2ccc([N+](=O)[O-])[nH]2)c1. The second-order valence-electron chi connectivity index (χ2n) is 4.04. The van der Waals surface area contributed by atoms with E-state index in [1.165, 1.54) is 30.5 Å². The molecule has 0 saturated carbocycles. The Morgan fingerprint density at radius 2 is 2.14 bits per heavy atom. The molecule has 0 aliphatic rings. The molecule has 2 rings (SSSR count). The number of carbonyl (C=O) groups excluding carboxylic acids is 1. The van der Waals surface area contributed by atoms with Crippen molar-refractivity contribution in [1.82, 2.24) is 15.3 Å². The van der Waals surface area contributed by atoms with E-state index < -0.39 is 16.8 Å². The summed E-state index contributed by atoms with van der Waals surface area (Å²) < 4.78 is 0. The third kappa shape index (κ3) is 3.41. The number of amides is 1. The van der Waals surface area contributed by atoms with Crippen LogP contribution in [-0.2, 0) is 6.54 Å². The van der Waals surface area contributed by atoms with Crippen LogP contribution in [0.4, 0.5) is 5.82 Å². The average Bonchev–Trinajstić information content (AvgIpc) is 2.95. The number of rotatable bonds is 5. The number of aromatic nitrogens is 2. The van der Waals surface area contributed by atoms with Crippen LogP contribution in [0, 0.1) is 10.1 Å². The Bertz CT molecular complexity index is 709. The highest BCUT2D eigenvalue weighted by molar-refractivity contribution is 5.92. The van der Waals surface area contributed by atoms with Gasteiger partial charge in [0.2, 0.25) is 0 Å². The molecule has 2 aromatic heterocycles. The molecule has 108 valence electrons. The van der Waals surface area contributed by atoms with Crippen LogP contribution >= 0.6 is 0 Å². The highest BCUT2D eigenvalue weighted by Crippen LogP contribution is 2.10. The number of pyridine rings is 1. The van der Waals surface area contributed by atoms with Gasteiger partial charge in [-0.05, 0) is 23.1 Å². The molecule has 9 heteroatoms. The number of aromatic amines is 1. The molecule has 0 atom stereocenters. The predicted octanol–water partition coefficient (Wildman–Crippen LogP) is 0.946. The van der Waals surface area contributed by atoms with Crippen LogP contribution in [0.3, 0.4) is 0 Å². The normalized spacial score (nSPS) is 10.1. The number of hydrogen-bond acceptors (Lipinski definition) is 5. The lowest BCUT2D eigenvalue weighted by molar-refractivity contribution is -0.389. The highest BCUT2D eigenvalue weighted by Gasteiger charge is 2.15. The van der Waals surface area contributed by atoms with E-state index in [2.05, 4.69) is 15.3 Å². The van der Waals surface area contributed by atoms with Crippen molar-refractivity contribution < 1.29 is 19.6 Å².